The second kappa shape index (κ2) is 7.07. The molecule has 1 amide bonds. The van der Waals surface area contributed by atoms with Crippen molar-refractivity contribution < 1.29 is 34.8 Å². The number of phenols is 1. The first-order valence-electron chi connectivity index (χ1n) is 10.1. The molecule has 3 aliphatic rings. The van der Waals surface area contributed by atoms with E-state index >= 15 is 0 Å². The van der Waals surface area contributed by atoms with Crippen molar-refractivity contribution in [3.63, 3.8) is 0 Å². The molecule has 1 aromatic carbocycles. The number of aliphatic hydroxyl groups excluding tert-OH is 2. The summed E-state index contributed by atoms with van der Waals surface area (Å²) in [5.74, 6) is -6.58. The first-order chi connectivity index (χ1) is 15.0. The number of likely N-dealkylation sites (N-methyl/N-ethyl adjacent to an activating group) is 1. The van der Waals surface area contributed by atoms with E-state index in [0.717, 1.165) is 0 Å². The Morgan fingerprint density at radius 3 is 2.44 bits per heavy atom. The SMILES string of the molecule is CNc1ccc(O)c2c1C[C@@H]1C[C@@H]3[C@@H](N(C)C)C(=O)C(C(N)=O)=C(O)[C@@]3(O)C(=O)C1=C2O. The summed E-state index contributed by atoms with van der Waals surface area (Å²) >= 11 is 0. The molecule has 1 fully saturated rings. The van der Waals surface area contributed by atoms with Gasteiger partial charge in [0.2, 0.25) is 5.78 Å². The van der Waals surface area contributed by atoms with Gasteiger partial charge in [0.15, 0.2) is 11.4 Å². The third-order valence-corrected chi connectivity index (χ3v) is 6.87. The Hall–Kier alpha value is -3.37. The van der Waals surface area contributed by atoms with E-state index in [4.69, 9.17) is 5.73 Å². The summed E-state index contributed by atoms with van der Waals surface area (Å²) < 4.78 is 0. The van der Waals surface area contributed by atoms with Gasteiger partial charge in [-0.15, -0.1) is 0 Å². The average Bonchev–Trinajstić information content (AvgIpc) is 2.70. The molecule has 0 aliphatic heterocycles. The van der Waals surface area contributed by atoms with E-state index in [1.165, 1.54) is 11.0 Å². The third-order valence-electron chi connectivity index (χ3n) is 6.87. The molecular weight excluding hydrogens is 418 g/mol. The van der Waals surface area contributed by atoms with Gasteiger partial charge in [0.25, 0.3) is 5.91 Å². The smallest absolute Gasteiger partial charge is 0.255 e. The minimum absolute atomic E-state index is 0.0601. The normalized spacial score (nSPS) is 29.6. The lowest BCUT2D eigenvalue weighted by Gasteiger charge is -2.50. The summed E-state index contributed by atoms with van der Waals surface area (Å²) in [6, 6.07) is 1.92. The lowest BCUT2D eigenvalue weighted by atomic mass is 9.57. The number of carbonyl (C=O) groups is 3. The quantitative estimate of drug-likeness (QED) is 0.278. The Morgan fingerprint density at radius 1 is 1.22 bits per heavy atom. The van der Waals surface area contributed by atoms with Gasteiger partial charge in [-0.25, -0.2) is 0 Å². The zero-order valence-electron chi connectivity index (χ0n) is 17.8. The Balaban J connectivity index is 1.99. The number of benzene rings is 1. The van der Waals surface area contributed by atoms with Gasteiger partial charge in [-0.1, -0.05) is 0 Å². The highest BCUT2D eigenvalue weighted by atomic mass is 16.3. The van der Waals surface area contributed by atoms with E-state index in [0.29, 0.717) is 11.3 Å². The molecule has 32 heavy (non-hydrogen) atoms. The van der Waals surface area contributed by atoms with Crippen molar-refractivity contribution in [3.8, 4) is 5.75 Å². The van der Waals surface area contributed by atoms with E-state index in [1.54, 1.807) is 27.2 Å². The monoisotopic (exact) mass is 443 g/mol. The molecule has 0 spiro atoms. The second-order valence-corrected chi connectivity index (χ2v) is 8.70. The van der Waals surface area contributed by atoms with Gasteiger partial charge in [0, 0.05) is 24.2 Å². The van der Waals surface area contributed by atoms with Crippen molar-refractivity contribution in [2.75, 3.05) is 26.5 Å². The van der Waals surface area contributed by atoms with Gasteiger partial charge in [-0.3, -0.25) is 19.3 Å². The van der Waals surface area contributed by atoms with Crippen molar-refractivity contribution in [1.82, 2.24) is 4.90 Å². The molecule has 4 atom stereocenters. The van der Waals surface area contributed by atoms with Crippen LogP contribution in [0.25, 0.3) is 5.76 Å². The fraction of sp³-hybridized carbons (Fsp3) is 0.409. The molecule has 0 unspecified atom stereocenters. The Labute approximate surface area is 183 Å². The van der Waals surface area contributed by atoms with Crippen LogP contribution in [0, 0.1) is 11.8 Å². The fourth-order valence-electron chi connectivity index (χ4n) is 5.48. The number of Topliss-reactive ketones (excluding diaryl/α,β-unsaturated/α-hetero) is 2. The van der Waals surface area contributed by atoms with Crippen LogP contribution >= 0.6 is 0 Å². The zero-order valence-corrected chi connectivity index (χ0v) is 17.8. The number of phenolic OH excluding ortho intramolecular Hbond substituents is 1. The molecule has 10 nitrogen and oxygen atoms in total. The number of nitrogens with two attached hydrogens (primary N) is 1. The van der Waals surface area contributed by atoms with Crippen LogP contribution in [0.1, 0.15) is 17.5 Å². The summed E-state index contributed by atoms with van der Waals surface area (Å²) in [6.07, 6.45) is 0.309. The van der Waals surface area contributed by atoms with Gasteiger partial charge in [-0.2, -0.15) is 0 Å². The van der Waals surface area contributed by atoms with Gasteiger partial charge < -0.3 is 31.5 Å². The summed E-state index contributed by atoms with van der Waals surface area (Å²) in [6.45, 7) is 0. The molecule has 0 heterocycles. The number of aromatic hydroxyl groups is 1. The fourth-order valence-corrected chi connectivity index (χ4v) is 5.48. The molecule has 170 valence electrons. The maximum Gasteiger partial charge on any atom is 0.255 e. The van der Waals surface area contributed by atoms with E-state index in [9.17, 15) is 34.8 Å². The summed E-state index contributed by atoms with van der Waals surface area (Å²) in [5, 5.41) is 46.6. The number of rotatable bonds is 3. The molecule has 0 aromatic heterocycles. The van der Waals surface area contributed by atoms with E-state index in [1.807, 2.05) is 0 Å². The maximum absolute atomic E-state index is 13.6. The Kier molecular flexibility index (Phi) is 4.83. The molecule has 1 aromatic rings. The average molecular weight is 443 g/mol. The summed E-state index contributed by atoms with van der Waals surface area (Å²) in [7, 11) is 4.80. The van der Waals surface area contributed by atoms with Crippen molar-refractivity contribution in [2.24, 2.45) is 17.6 Å². The number of fused-ring (bicyclic) bond motifs is 3. The van der Waals surface area contributed by atoms with Crippen molar-refractivity contribution in [2.45, 2.75) is 24.5 Å². The van der Waals surface area contributed by atoms with E-state index in [2.05, 4.69) is 5.32 Å². The van der Waals surface area contributed by atoms with Crippen LogP contribution in [0.15, 0.2) is 29.0 Å². The van der Waals surface area contributed by atoms with Crippen molar-refractivity contribution >= 4 is 28.9 Å². The number of carbonyl (C=O) groups excluding carboxylic acids is 3. The Morgan fingerprint density at radius 2 is 1.88 bits per heavy atom. The lowest BCUT2D eigenvalue weighted by molar-refractivity contribution is -0.153. The molecule has 3 aliphatic carbocycles. The Bertz CT molecular complexity index is 1140. The lowest BCUT2D eigenvalue weighted by Crippen LogP contribution is -2.65. The van der Waals surface area contributed by atoms with Crippen LogP contribution in [0.2, 0.25) is 0 Å². The van der Waals surface area contributed by atoms with Crippen molar-refractivity contribution in [3.05, 3.63) is 40.2 Å². The van der Waals surface area contributed by atoms with Crippen LogP contribution in [0.3, 0.4) is 0 Å². The number of hydrogen-bond donors (Lipinski definition) is 6. The molecule has 0 radical (unpaired) electrons. The molecule has 7 N–H and O–H groups in total. The van der Waals surface area contributed by atoms with Gasteiger partial charge in [0.1, 0.15) is 22.8 Å². The number of hydrogen-bond acceptors (Lipinski definition) is 9. The highest BCUT2D eigenvalue weighted by molar-refractivity contribution is 6.24. The number of nitrogens with zero attached hydrogens (tertiary/aromatic N) is 1. The van der Waals surface area contributed by atoms with Gasteiger partial charge in [-0.05, 0) is 50.6 Å². The van der Waals surface area contributed by atoms with Crippen LogP contribution < -0.4 is 11.1 Å². The first-order valence-corrected chi connectivity index (χ1v) is 10.1. The zero-order chi connectivity index (χ0) is 23.7. The molecular formula is C22H25N3O7. The van der Waals surface area contributed by atoms with Crippen molar-refractivity contribution in [1.29, 1.82) is 0 Å². The number of aliphatic hydroxyl groups is 3. The van der Waals surface area contributed by atoms with Gasteiger partial charge in [0.05, 0.1) is 11.6 Å². The molecule has 10 heteroatoms. The predicted octanol–water partition coefficient (Wildman–Crippen LogP) is 0.00570. The summed E-state index contributed by atoms with van der Waals surface area (Å²) in [5.41, 5.74) is 2.98. The maximum atomic E-state index is 13.6. The van der Waals surface area contributed by atoms with Gasteiger partial charge >= 0.3 is 0 Å². The predicted molar refractivity (Wildman–Crippen MR) is 114 cm³/mol. The molecule has 0 bridgehead atoms. The minimum Gasteiger partial charge on any atom is -0.508 e. The van der Waals surface area contributed by atoms with E-state index < -0.39 is 58.0 Å². The molecule has 1 saturated carbocycles. The highest BCUT2D eigenvalue weighted by Crippen LogP contribution is 2.53. The topological polar surface area (TPSA) is 173 Å². The number of ketones is 2. The number of anilines is 1. The van der Waals surface area contributed by atoms with Crippen LogP contribution in [-0.2, 0) is 20.8 Å². The second-order valence-electron chi connectivity index (χ2n) is 8.70. The minimum atomic E-state index is -2.62. The van der Waals surface area contributed by atoms with E-state index in [-0.39, 0.29) is 29.7 Å². The first kappa shape index (κ1) is 21.8. The largest absolute Gasteiger partial charge is 0.508 e. The number of primary amides is 1. The molecule has 4 rings (SSSR count). The highest BCUT2D eigenvalue weighted by Gasteiger charge is 2.64. The summed E-state index contributed by atoms with van der Waals surface area (Å²) in [4.78, 5) is 40.0. The van der Waals surface area contributed by atoms with Crippen LogP contribution in [-0.4, -0.2) is 75.6 Å². The standard InChI is InChI=1S/C22H25N3O7/c1-24-11-4-5-12(26)14-9(11)6-8-7-10-16(25(2)3)18(28)15(21(23)31)20(30)22(10,32)19(29)13(8)17(14)27/h4-5,8,10,16,24,26-27,30,32H,6-7H2,1-3H3,(H2,23,31)/t8-,10-,16-,22+/m1/s1. The number of nitrogens with one attached hydrogen (secondary N) is 1. The third kappa shape index (κ3) is 2.63. The molecule has 0 saturated heterocycles. The van der Waals surface area contributed by atoms with Crippen LogP contribution in [0.5, 0.6) is 5.75 Å². The number of amides is 1. The van der Waals surface area contributed by atoms with Crippen LogP contribution in [0.4, 0.5) is 5.69 Å².